The van der Waals surface area contributed by atoms with E-state index in [1.807, 2.05) is 25.5 Å². The summed E-state index contributed by atoms with van der Waals surface area (Å²) < 4.78 is 114. The normalized spacial score (nSPS) is 15.7. The third-order valence-electron chi connectivity index (χ3n) is 6.06. The summed E-state index contributed by atoms with van der Waals surface area (Å²) in [6.45, 7) is 5.73. The monoisotopic (exact) mass is 558 g/mol. The standard InChI is InChI=1S/C25H24F6N4O2S/c1-24(2,3)12-35-11-18(21(23(27)28)34-38(36,37)14-5-6-14)17-8-19(26)16(9-20(17)35)15-7-4-13(10-32)33-22(15)25(29,30)31/h4,7-9,11,14,21,23,34H,5-6,12H2,1-3H3/t21-/m0/s1. The van der Waals surface area contributed by atoms with Crippen LogP contribution in [0.15, 0.2) is 30.5 Å². The van der Waals surface area contributed by atoms with Gasteiger partial charge >= 0.3 is 6.18 Å². The maximum absolute atomic E-state index is 15.4. The average molecular weight is 559 g/mol. The van der Waals surface area contributed by atoms with Crippen LogP contribution in [0.1, 0.15) is 56.6 Å². The lowest BCUT2D eigenvalue weighted by Crippen LogP contribution is -2.35. The van der Waals surface area contributed by atoms with E-state index in [1.165, 1.54) is 16.8 Å². The molecule has 0 bridgehead atoms. The number of sulfonamides is 1. The molecule has 1 atom stereocenters. The molecule has 1 aliphatic carbocycles. The fraction of sp³-hybridized carbons (Fsp3) is 0.440. The Bertz CT molecular complexity index is 1530. The number of fused-ring (bicyclic) bond motifs is 1. The highest BCUT2D eigenvalue weighted by atomic mass is 32.2. The van der Waals surface area contributed by atoms with Gasteiger partial charge in [-0.3, -0.25) is 0 Å². The van der Waals surface area contributed by atoms with E-state index >= 15 is 4.39 Å². The molecule has 0 spiro atoms. The number of benzene rings is 1. The van der Waals surface area contributed by atoms with E-state index in [-0.39, 0.29) is 23.0 Å². The zero-order valence-corrected chi connectivity index (χ0v) is 21.4. The number of hydrogen-bond donors (Lipinski definition) is 1. The molecule has 0 amide bonds. The molecule has 1 aromatic carbocycles. The average Bonchev–Trinajstić information content (AvgIpc) is 3.60. The van der Waals surface area contributed by atoms with Crippen LogP contribution in [-0.4, -0.2) is 29.6 Å². The number of nitrogens with one attached hydrogen (secondary N) is 1. The van der Waals surface area contributed by atoms with Crippen molar-refractivity contribution < 1.29 is 34.8 Å². The molecule has 0 aliphatic heterocycles. The third kappa shape index (κ3) is 5.66. The molecule has 3 aromatic rings. The van der Waals surface area contributed by atoms with Crippen LogP contribution in [-0.2, 0) is 22.7 Å². The predicted octanol–water partition coefficient (Wildman–Crippen LogP) is 6.17. The summed E-state index contributed by atoms with van der Waals surface area (Å²) in [6, 6.07) is 3.42. The van der Waals surface area contributed by atoms with Crippen molar-refractivity contribution in [2.24, 2.45) is 5.41 Å². The zero-order chi connectivity index (χ0) is 28.2. The second-order valence-electron chi connectivity index (χ2n) is 10.5. The quantitative estimate of drug-likeness (QED) is 0.352. The minimum absolute atomic E-state index is 0.0607. The van der Waals surface area contributed by atoms with Crippen molar-refractivity contribution in [1.82, 2.24) is 14.3 Å². The Morgan fingerprint density at radius 1 is 1.16 bits per heavy atom. The summed E-state index contributed by atoms with van der Waals surface area (Å²) >= 11 is 0. The summed E-state index contributed by atoms with van der Waals surface area (Å²) in [4.78, 5) is 3.33. The van der Waals surface area contributed by atoms with Gasteiger partial charge in [-0.25, -0.2) is 31.3 Å². The van der Waals surface area contributed by atoms with Gasteiger partial charge in [0.1, 0.15) is 23.6 Å². The van der Waals surface area contributed by atoms with Gasteiger partial charge in [-0.05, 0) is 42.5 Å². The molecule has 204 valence electrons. The van der Waals surface area contributed by atoms with E-state index < -0.39 is 67.7 Å². The fourth-order valence-corrected chi connectivity index (χ4v) is 5.82. The van der Waals surface area contributed by atoms with Crippen molar-refractivity contribution in [3.05, 3.63) is 53.2 Å². The Kier molecular flexibility index (Phi) is 7.03. The van der Waals surface area contributed by atoms with E-state index in [2.05, 4.69) is 4.98 Å². The largest absolute Gasteiger partial charge is 0.434 e. The van der Waals surface area contributed by atoms with Crippen LogP contribution in [0.4, 0.5) is 26.3 Å². The molecular weight excluding hydrogens is 534 g/mol. The number of hydrogen-bond acceptors (Lipinski definition) is 4. The van der Waals surface area contributed by atoms with Crippen LogP contribution in [0.2, 0.25) is 0 Å². The minimum atomic E-state index is -5.01. The molecule has 0 saturated heterocycles. The SMILES string of the molecule is CC(C)(C)Cn1cc([C@H](NS(=O)(=O)C2CC2)C(F)F)c2cc(F)c(-c3ccc(C#N)nc3C(F)(F)F)cc21. The molecule has 4 rings (SSSR count). The van der Waals surface area contributed by atoms with Crippen molar-refractivity contribution in [2.75, 3.05) is 0 Å². The molecule has 2 aromatic heterocycles. The molecule has 2 heterocycles. The number of pyridine rings is 1. The Hall–Kier alpha value is -3.11. The Morgan fingerprint density at radius 3 is 2.34 bits per heavy atom. The van der Waals surface area contributed by atoms with Gasteiger partial charge in [0, 0.05) is 40.3 Å². The Morgan fingerprint density at radius 2 is 1.82 bits per heavy atom. The van der Waals surface area contributed by atoms with Crippen molar-refractivity contribution in [3.8, 4) is 17.2 Å². The first-order valence-corrected chi connectivity index (χ1v) is 13.2. The predicted molar refractivity (Wildman–Crippen MR) is 128 cm³/mol. The Labute approximate surface area is 215 Å². The van der Waals surface area contributed by atoms with E-state index in [0.29, 0.717) is 12.8 Å². The lowest BCUT2D eigenvalue weighted by molar-refractivity contribution is -0.140. The van der Waals surface area contributed by atoms with Gasteiger partial charge in [-0.2, -0.15) is 18.4 Å². The molecule has 0 unspecified atom stereocenters. The van der Waals surface area contributed by atoms with Gasteiger partial charge in [0.05, 0.1) is 5.25 Å². The third-order valence-corrected chi connectivity index (χ3v) is 7.99. The summed E-state index contributed by atoms with van der Waals surface area (Å²) in [7, 11) is -4.06. The zero-order valence-electron chi connectivity index (χ0n) is 20.6. The number of aromatic nitrogens is 2. The first kappa shape index (κ1) is 27.9. The molecule has 1 saturated carbocycles. The van der Waals surface area contributed by atoms with Crippen LogP contribution < -0.4 is 4.72 Å². The van der Waals surface area contributed by atoms with Crippen LogP contribution in [0.5, 0.6) is 0 Å². The second kappa shape index (κ2) is 9.57. The highest BCUT2D eigenvalue weighted by Crippen LogP contribution is 2.41. The highest BCUT2D eigenvalue weighted by Gasteiger charge is 2.41. The molecule has 0 radical (unpaired) electrons. The van der Waals surface area contributed by atoms with Crippen LogP contribution in [0, 0.1) is 22.6 Å². The minimum Gasteiger partial charge on any atom is -0.347 e. The van der Waals surface area contributed by atoms with Gasteiger partial charge in [0.2, 0.25) is 10.0 Å². The smallest absolute Gasteiger partial charge is 0.347 e. The van der Waals surface area contributed by atoms with E-state index in [9.17, 15) is 30.4 Å². The van der Waals surface area contributed by atoms with Crippen molar-refractivity contribution in [2.45, 2.75) is 64.1 Å². The molecule has 6 nitrogen and oxygen atoms in total. The van der Waals surface area contributed by atoms with Crippen LogP contribution >= 0.6 is 0 Å². The van der Waals surface area contributed by atoms with Gasteiger partial charge < -0.3 is 4.57 Å². The van der Waals surface area contributed by atoms with Gasteiger partial charge in [-0.15, -0.1) is 0 Å². The maximum atomic E-state index is 15.4. The summed E-state index contributed by atoms with van der Waals surface area (Å²) in [5.41, 5.74) is -3.58. The van der Waals surface area contributed by atoms with Crippen LogP contribution in [0.25, 0.3) is 22.0 Å². The fourth-order valence-electron chi connectivity index (χ4n) is 4.29. The molecule has 13 heteroatoms. The van der Waals surface area contributed by atoms with Crippen molar-refractivity contribution in [1.29, 1.82) is 5.26 Å². The topological polar surface area (TPSA) is 87.8 Å². The first-order valence-electron chi connectivity index (χ1n) is 11.6. The summed E-state index contributed by atoms with van der Waals surface area (Å²) in [6.07, 6.45) is -6.22. The number of rotatable bonds is 7. The maximum Gasteiger partial charge on any atom is 0.434 e. The number of halogens is 6. The lowest BCUT2D eigenvalue weighted by atomic mass is 9.96. The van der Waals surface area contributed by atoms with Crippen molar-refractivity contribution >= 4 is 20.9 Å². The van der Waals surface area contributed by atoms with Gasteiger partial charge in [0.15, 0.2) is 5.69 Å². The second-order valence-corrected chi connectivity index (χ2v) is 12.5. The summed E-state index contributed by atoms with van der Waals surface area (Å²) in [5.74, 6) is -1.15. The number of nitrogens with zero attached hydrogens (tertiary/aromatic N) is 3. The lowest BCUT2D eigenvalue weighted by Gasteiger charge is -2.20. The van der Waals surface area contributed by atoms with E-state index in [0.717, 1.165) is 24.3 Å². The van der Waals surface area contributed by atoms with E-state index in [1.54, 1.807) is 0 Å². The van der Waals surface area contributed by atoms with Gasteiger partial charge in [-0.1, -0.05) is 20.8 Å². The molecule has 1 aliphatic rings. The Balaban J connectivity index is 1.96. The van der Waals surface area contributed by atoms with Gasteiger partial charge in [0.25, 0.3) is 6.43 Å². The summed E-state index contributed by atoms with van der Waals surface area (Å²) in [5, 5.41) is 8.14. The van der Waals surface area contributed by atoms with Crippen molar-refractivity contribution in [3.63, 3.8) is 0 Å². The molecule has 38 heavy (non-hydrogen) atoms. The van der Waals surface area contributed by atoms with E-state index in [4.69, 9.17) is 5.26 Å². The molecule has 1 fully saturated rings. The number of alkyl halides is 5. The first-order chi connectivity index (χ1) is 17.5. The molecular formula is C25H24F6N4O2S. The van der Waals surface area contributed by atoms with Crippen LogP contribution in [0.3, 0.4) is 0 Å². The highest BCUT2D eigenvalue weighted by molar-refractivity contribution is 7.90. The molecule has 1 N–H and O–H groups in total. The number of nitriles is 1.